The maximum Gasteiger partial charge on any atom is 0.416 e. The standard InChI is InChI=1S/C17H14ClF3N6/c18-12-4-3-11(17(19,20)21)6-13(12)27-16-14(22)15(25-9-26-16)24-8-10-2-1-5-23-7-10/h1-7,9H,8,22H2,(H2,24,25,26,27). The summed E-state index contributed by atoms with van der Waals surface area (Å²) in [6, 6.07) is 6.62. The van der Waals surface area contributed by atoms with Crippen LogP contribution in [0.4, 0.5) is 36.2 Å². The molecule has 10 heteroatoms. The summed E-state index contributed by atoms with van der Waals surface area (Å²) in [7, 11) is 0. The van der Waals surface area contributed by atoms with Crippen molar-refractivity contribution < 1.29 is 13.2 Å². The zero-order valence-electron chi connectivity index (χ0n) is 13.8. The fraction of sp³-hybridized carbons (Fsp3) is 0.118. The van der Waals surface area contributed by atoms with E-state index in [-0.39, 0.29) is 22.2 Å². The van der Waals surface area contributed by atoms with Gasteiger partial charge in [0.15, 0.2) is 11.6 Å². The predicted molar refractivity (Wildman–Crippen MR) is 97.7 cm³/mol. The summed E-state index contributed by atoms with van der Waals surface area (Å²) >= 11 is 5.99. The predicted octanol–water partition coefficient (Wildman–Crippen LogP) is 4.48. The highest BCUT2D eigenvalue weighted by molar-refractivity contribution is 6.33. The Hall–Kier alpha value is -3.07. The third kappa shape index (κ3) is 4.56. The van der Waals surface area contributed by atoms with Crippen LogP contribution in [0.2, 0.25) is 5.02 Å². The van der Waals surface area contributed by atoms with Crippen LogP contribution in [0.1, 0.15) is 11.1 Å². The molecule has 0 radical (unpaired) electrons. The summed E-state index contributed by atoms with van der Waals surface area (Å²) in [4.78, 5) is 12.0. The number of nitrogens with one attached hydrogen (secondary N) is 2. The summed E-state index contributed by atoms with van der Waals surface area (Å²) in [6.07, 6.45) is 0.0930. The summed E-state index contributed by atoms with van der Waals surface area (Å²) in [5.74, 6) is 0.472. The Balaban J connectivity index is 1.82. The molecule has 6 nitrogen and oxygen atoms in total. The fourth-order valence-electron chi connectivity index (χ4n) is 2.25. The number of pyridine rings is 1. The second-order valence-corrected chi connectivity index (χ2v) is 5.92. The molecule has 0 atom stereocenters. The Morgan fingerprint density at radius 3 is 2.59 bits per heavy atom. The van der Waals surface area contributed by atoms with Crippen molar-refractivity contribution in [2.24, 2.45) is 0 Å². The lowest BCUT2D eigenvalue weighted by atomic mass is 10.2. The van der Waals surface area contributed by atoms with Gasteiger partial charge in [-0.2, -0.15) is 13.2 Å². The molecule has 0 saturated carbocycles. The maximum absolute atomic E-state index is 12.9. The van der Waals surface area contributed by atoms with Crippen molar-refractivity contribution in [3.8, 4) is 0 Å². The van der Waals surface area contributed by atoms with Gasteiger partial charge in [-0.25, -0.2) is 9.97 Å². The highest BCUT2D eigenvalue weighted by Gasteiger charge is 2.31. The minimum absolute atomic E-state index is 0.0371. The molecule has 0 saturated heterocycles. The van der Waals surface area contributed by atoms with Crippen molar-refractivity contribution >= 4 is 34.6 Å². The monoisotopic (exact) mass is 394 g/mol. The second-order valence-electron chi connectivity index (χ2n) is 5.52. The van der Waals surface area contributed by atoms with Gasteiger partial charge in [0, 0.05) is 18.9 Å². The van der Waals surface area contributed by atoms with Gasteiger partial charge in [0.05, 0.1) is 16.3 Å². The van der Waals surface area contributed by atoms with E-state index >= 15 is 0 Å². The van der Waals surface area contributed by atoms with Gasteiger partial charge in [-0.1, -0.05) is 17.7 Å². The van der Waals surface area contributed by atoms with E-state index in [1.54, 1.807) is 18.5 Å². The SMILES string of the molecule is Nc1c(NCc2cccnc2)ncnc1Nc1cc(C(F)(F)F)ccc1Cl. The summed E-state index contributed by atoms with van der Waals surface area (Å²) in [5.41, 5.74) is 6.30. The third-order valence-electron chi connectivity index (χ3n) is 3.61. The van der Waals surface area contributed by atoms with E-state index in [1.807, 2.05) is 6.07 Å². The molecule has 0 aliphatic rings. The molecule has 0 aliphatic carbocycles. The molecule has 140 valence electrons. The summed E-state index contributed by atoms with van der Waals surface area (Å²) < 4.78 is 38.7. The topological polar surface area (TPSA) is 88.8 Å². The van der Waals surface area contributed by atoms with Crippen molar-refractivity contribution in [1.29, 1.82) is 0 Å². The molecule has 4 N–H and O–H groups in total. The first-order chi connectivity index (χ1) is 12.8. The minimum atomic E-state index is -4.49. The molecular weight excluding hydrogens is 381 g/mol. The number of rotatable bonds is 5. The second kappa shape index (κ2) is 7.67. The first-order valence-electron chi connectivity index (χ1n) is 7.71. The molecule has 3 aromatic rings. The number of nitrogens with two attached hydrogens (primary N) is 1. The van der Waals surface area contributed by atoms with Gasteiger partial charge in [0.25, 0.3) is 0 Å². The number of hydrogen-bond acceptors (Lipinski definition) is 6. The van der Waals surface area contributed by atoms with Gasteiger partial charge < -0.3 is 16.4 Å². The smallest absolute Gasteiger partial charge is 0.393 e. The number of nitrogens with zero attached hydrogens (tertiary/aromatic N) is 3. The number of benzene rings is 1. The Morgan fingerprint density at radius 1 is 1.11 bits per heavy atom. The molecular formula is C17H14ClF3N6. The van der Waals surface area contributed by atoms with Crippen molar-refractivity contribution in [3.05, 3.63) is 65.2 Å². The highest BCUT2D eigenvalue weighted by Crippen LogP contribution is 2.36. The van der Waals surface area contributed by atoms with Crippen LogP contribution in [0.25, 0.3) is 0 Å². The first kappa shape index (κ1) is 18.7. The van der Waals surface area contributed by atoms with Gasteiger partial charge in [-0.05, 0) is 29.8 Å². The first-order valence-corrected chi connectivity index (χ1v) is 8.09. The van der Waals surface area contributed by atoms with Gasteiger partial charge in [0.1, 0.15) is 12.0 Å². The number of anilines is 4. The molecule has 0 amide bonds. The van der Waals surface area contributed by atoms with Crippen LogP contribution >= 0.6 is 11.6 Å². The molecule has 2 heterocycles. The average Bonchev–Trinajstić information content (AvgIpc) is 2.64. The normalized spacial score (nSPS) is 11.3. The molecule has 0 unspecified atom stereocenters. The van der Waals surface area contributed by atoms with Crippen LogP contribution in [0.5, 0.6) is 0 Å². The van der Waals surface area contributed by atoms with E-state index in [2.05, 4.69) is 25.6 Å². The van der Waals surface area contributed by atoms with E-state index in [0.29, 0.717) is 12.4 Å². The minimum Gasteiger partial charge on any atom is -0.393 e. The van der Waals surface area contributed by atoms with Gasteiger partial charge in [-0.3, -0.25) is 4.98 Å². The van der Waals surface area contributed by atoms with Crippen molar-refractivity contribution in [2.75, 3.05) is 16.4 Å². The molecule has 1 aromatic carbocycles. The number of nitrogen functional groups attached to an aromatic ring is 1. The van der Waals surface area contributed by atoms with E-state index in [4.69, 9.17) is 17.3 Å². The quantitative estimate of drug-likeness (QED) is 0.591. The van der Waals surface area contributed by atoms with E-state index in [0.717, 1.165) is 23.8 Å². The Bertz CT molecular complexity index is 934. The lowest BCUT2D eigenvalue weighted by Gasteiger charge is -2.15. The molecule has 0 spiro atoms. The van der Waals surface area contributed by atoms with Crippen molar-refractivity contribution in [3.63, 3.8) is 0 Å². The van der Waals surface area contributed by atoms with Gasteiger partial charge >= 0.3 is 6.18 Å². The van der Waals surface area contributed by atoms with Crippen LogP contribution in [0.3, 0.4) is 0 Å². The van der Waals surface area contributed by atoms with Crippen LogP contribution in [-0.2, 0) is 12.7 Å². The molecule has 0 fully saturated rings. The van der Waals surface area contributed by atoms with Crippen LogP contribution in [0.15, 0.2) is 49.1 Å². The largest absolute Gasteiger partial charge is 0.416 e. The lowest BCUT2D eigenvalue weighted by molar-refractivity contribution is -0.137. The van der Waals surface area contributed by atoms with Crippen molar-refractivity contribution in [2.45, 2.75) is 12.7 Å². The average molecular weight is 395 g/mol. The van der Waals surface area contributed by atoms with Crippen molar-refractivity contribution in [1.82, 2.24) is 15.0 Å². The number of hydrogen-bond donors (Lipinski definition) is 3. The summed E-state index contributed by atoms with van der Waals surface area (Å²) in [5, 5.41) is 5.87. The molecule has 27 heavy (non-hydrogen) atoms. The van der Waals surface area contributed by atoms with E-state index in [1.165, 1.54) is 6.33 Å². The Kier molecular flexibility index (Phi) is 5.31. The number of aromatic nitrogens is 3. The Morgan fingerprint density at radius 2 is 1.89 bits per heavy atom. The molecule has 2 aromatic heterocycles. The van der Waals surface area contributed by atoms with Gasteiger partial charge in [-0.15, -0.1) is 0 Å². The number of alkyl halides is 3. The summed E-state index contributed by atoms with van der Waals surface area (Å²) in [6.45, 7) is 0.415. The molecule has 3 rings (SSSR count). The van der Waals surface area contributed by atoms with Crippen LogP contribution < -0.4 is 16.4 Å². The zero-order chi connectivity index (χ0) is 19.4. The van der Waals surface area contributed by atoms with Gasteiger partial charge in [0.2, 0.25) is 0 Å². The third-order valence-corrected chi connectivity index (χ3v) is 3.94. The zero-order valence-corrected chi connectivity index (χ0v) is 14.5. The van der Waals surface area contributed by atoms with Crippen LogP contribution in [-0.4, -0.2) is 15.0 Å². The van der Waals surface area contributed by atoms with E-state index in [9.17, 15) is 13.2 Å². The molecule has 0 bridgehead atoms. The maximum atomic E-state index is 12.9. The van der Waals surface area contributed by atoms with E-state index < -0.39 is 11.7 Å². The number of halogens is 4. The lowest BCUT2D eigenvalue weighted by Crippen LogP contribution is -2.09. The highest BCUT2D eigenvalue weighted by atomic mass is 35.5. The van der Waals surface area contributed by atoms with Crippen LogP contribution in [0, 0.1) is 0 Å². The molecule has 0 aliphatic heterocycles. The fourth-order valence-corrected chi connectivity index (χ4v) is 2.41. The Labute approximate surface area is 157 Å².